The molecule has 4 heteroatoms. The lowest BCUT2D eigenvalue weighted by Gasteiger charge is -2.11. The van der Waals surface area contributed by atoms with Gasteiger partial charge in [-0.15, -0.1) is 0 Å². The minimum absolute atomic E-state index is 0.329. The van der Waals surface area contributed by atoms with Gasteiger partial charge in [-0.05, 0) is 17.7 Å². The molecule has 1 atom stereocenters. The first kappa shape index (κ1) is 11.7. The molecule has 0 fully saturated rings. The highest BCUT2D eigenvalue weighted by molar-refractivity contribution is 6.03. The molecule has 96 valence electrons. The van der Waals surface area contributed by atoms with E-state index >= 15 is 0 Å². The fraction of sp³-hybridized carbons (Fsp3) is 0.133. The van der Waals surface area contributed by atoms with Crippen molar-refractivity contribution in [1.82, 2.24) is 0 Å². The van der Waals surface area contributed by atoms with Gasteiger partial charge in [0.25, 0.3) is 0 Å². The second-order valence-electron chi connectivity index (χ2n) is 4.25. The Labute approximate surface area is 110 Å². The third-order valence-corrected chi connectivity index (χ3v) is 3.08. The van der Waals surface area contributed by atoms with E-state index in [0.717, 1.165) is 0 Å². The molecule has 2 aromatic carbocycles. The van der Waals surface area contributed by atoms with Crippen molar-refractivity contribution in [2.45, 2.75) is 6.10 Å². The molecular formula is C15H12O4. The van der Waals surface area contributed by atoms with Gasteiger partial charge in [0.15, 0.2) is 17.3 Å². The van der Waals surface area contributed by atoms with Crippen LogP contribution in [0, 0.1) is 0 Å². The van der Waals surface area contributed by atoms with E-state index in [4.69, 9.17) is 9.47 Å². The molecule has 0 aliphatic carbocycles. The normalized spacial score (nSPS) is 13.2. The number of methoxy groups -OCH3 is 1. The number of fused-ring (bicyclic) bond motifs is 1. The molecule has 1 aliphatic heterocycles. The first-order chi connectivity index (χ1) is 9.22. The molecule has 2 aromatic rings. The monoisotopic (exact) mass is 256 g/mol. The summed E-state index contributed by atoms with van der Waals surface area (Å²) in [6.07, 6.45) is -1.20. The predicted octanol–water partition coefficient (Wildman–Crippen LogP) is 2.72. The van der Waals surface area contributed by atoms with Gasteiger partial charge >= 0.3 is 0 Å². The van der Waals surface area contributed by atoms with Crippen molar-refractivity contribution in [1.29, 1.82) is 0 Å². The Balaban J connectivity index is 1.95. The average Bonchev–Trinajstić information content (AvgIpc) is 3.25. The van der Waals surface area contributed by atoms with Gasteiger partial charge in [0.2, 0.25) is 5.75 Å². The lowest BCUT2D eigenvalue weighted by Crippen LogP contribution is -2.13. The lowest BCUT2D eigenvalue weighted by atomic mass is 9.99. The van der Waals surface area contributed by atoms with Crippen molar-refractivity contribution in [3.8, 4) is 17.2 Å². The number of hydrogen-bond acceptors (Lipinski definition) is 4. The zero-order valence-corrected chi connectivity index (χ0v) is 10.3. The number of rotatable bonds is 4. The summed E-state index contributed by atoms with van der Waals surface area (Å²) in [5.41, 5.74) is 0.885. The maximum atomic E-state index is 12.3. The van der Waals surface area contributed by atoms with Gasteiger partial charge in [-0.2, -0.15) is 0 Å². The Bertz CT molecular complexity index is 634. The Morgan fingerprint density at radius 2 is 1.95 bits per heavy atom. The molecule has 0 amide bonds. The summed E-state index contributed by atoms with van der Waals surface area (Å²) in [6, 6.07) is 12.1. The van der Waals surface area contributed by atoms with Crippen molar-refractivity contribution in [2.24, 2.45) is 0 Å². The fourth-order valence-corrected chi connectivity index (χ4v) is 2.04. The third kappa shape index (κ3) is 1.96. The van der Waals surface area contributed by atoms with Crippen LogP contribution in [0.2, 0.25) is 0 Å². The number of aliphatic hydroxyl groups is 1. The Morgan fingerprint density at radius 3 is 2.63 bits per heavy atom. The zero-order chi connectivity index (χ0) is 13.4. The summed E-state index contributed by atoms with van der Waals surface area (Å²) >= 11 is 0. The van der Waals surface area contributed by atoms with Gasteiger partial charge in [0, 0.05) is 0 Å². The number of carbonyl (C=O) groups is 1. The number of carbonyl (C=O) groups excluding carboxylic acids is 1. The summed E-state index contributed by atoms with van der Waals surface area (Å²) < 4.78 is 10.4. The van der Waals surface area contributed by atoms with Gasteiger partial charge in [0.1, 0.15) is 6.10 Å². The minimum Gasteiger partial charge on any atom is -0.492 e. The molecule has 1 heterocycles. The second-order valence-corrected chi connectivity index (χ2v) is 4.25. The Morgan fingerprint density at radius 1 is 1.21 bits per heavy atom. The van der Waals surface area contributed by atoms with Crippen molar-refractivity contribution >= 4 is 5.78 Å². The van der Waals surface area contributed by atoms with Crippen LogP contribution >= 0.6 is 0 Å². The van der Waals surface area contributed by atoms with Gasteiger partial charge in [-0.3, -0.25) is 4.79 Å². The van der Waals surface area contributed by atoms with E-state index in [2.05, 4.69) is 0 Å². The molecule has 19 heavy (non-hydrogen) atoms. The molecule has 1 aliphatic rings. The number of aliphatic hydroxyl groups excluding tert-OH is 1. The predicted molar refractivity (Wildman–Crippen MR) is 68.8 cm³/mol. The van der Waals surface area contributed by atoms with E-state index in [1.807, 2.05) is 6.07 Å². The highest BCUT2D eigenvalue weighted by atomic mass is 16.6. The zero-order valence-electron chi connectivity index (χ0n) is 10.3. The van der Waals surface area contributed by atoms with E-state index in [-0.39, 0.29) is 0 Å². The van der Waals surface area contributed by atoms with E-state index in [1.165, 1.54) is 7.11 Å². The largest absolute Gasteiger partial charge is 0.492 e. The lowest BCUT2D eigenvalue weighted by molar-refractivity contribution is 0.0744. The van der Waals surface area contributed by atoms with Crippen molar-refractivity contribution in [3.05, 3.63) is 53.6 Å². The molecule has 0 aromatic heterocycles. The van der Waals surface area contributed by atoms with E-state index < -0.39 is 11.9 Å². The standard InChI is InChI=1S/C15H12O4/c1-18-14-10(7-8-11-15(14)19-11)13(17)12(16)9-5-3-2-4-6-9/h2-8,12,16H,1H3. The van der Waals surface area contributed by atoms with Gasteiger partial charge in [0.05, 0.1) is 12.7 Å². The summed E-state index contributed by atoms with van der Waals surface area (Å²) in [6.45, 7) is 0. The van der Waals surface area contributed by atoms with Crippen LogP contribution in [0.5, 0.6) is 17.2 Å². The molecule has 0 saturated heterocycles. The van der Waals surface area contributed by atoms with Crippen LogP contribution in [-0.2, 0) is 0 Å². The first-order valence-corrected chi connectivity index (χ1v) is 5.88. The maximum Gasteiger partial charge on any atom is 0.212 e. The highest BCUT2D eigenvalue weighted by Gasteiger charge is 2.32. The molecule has 0 bridgehead atoms. The van der Waals surface area contributed by atoms with Crippen LogP contribution in [0.4, 0.5) is 0 Å². The summed E-state index contributed by atoms with van der Waals surface area (Å²) in [5.74, 6) is 1.27. The van der Waals surface area contributed by atoms with Crippen LogP contribution in [0.15, 0.2) is 42.5 Å². The molecule has 1 N–H and O–H groups in total. The average molecular weight is 256 g/mol. The van der Waals surface area contributed by atoms with Crippen LogP contribution in [-0.4, -0.2) is 18.0 Å². The first-order valence-electron chi connectivity index (χ1n) is 5.88. The molecule has 0 saturated carbocycles. The van der Waals surface area contributed by atoms with E-state index in [1.54, 1.807) is 36.4 Å². The van der Waals surface area contributed by atoms with Crippen molar-refractivity contribution in [2.75, 3.05) is 7.11 Å². The number of ether oxygens (including phenoxy) is 2. The molecule has 1 unspecified atom stereocenters. The minimum atomic E-state index is -1.20. The van der Waals surface area contributed by atoms with Gasteiger partial charge in [-0.1, -0.05) is 30.3 Å². The summed E-state index contributed by atoms with van der Waals surface area (Å²) in [4.78, 5) is 12.3. The number of ketones is 1. The van der Waals surface area contributed by atoms with Gasteiger partial charge < -0.3 is 14.6 Å². The Hall–Kier alpha value is -2.33. The second kappa shape index (κ2) is 4.40. The summed E-state index contributed by atoms with van der Waals surface area (Å²) in [7, 11) is 1.48. The molecule has 3 rings (SSSR count). The smallest absolute Gasteiger partial charge is 0.212 e. The quantitative estimate of drug-likeness (QED) is 0.576. The number of hydrogen-bond donors (Lipinski definition) is 1. The van der Waals surface area contributed by atoms with Crippen molar-refractivity contribution < 1.29 is 19.4 Å². The molecule has 0 radical (unpaired) electrons. The van der Waals surface area contributed by atoms with Gasteiger partial charge in [-0.25, -0.2) is 0 Å². The maximum absolute atomic E-state index is 12.3. The third-order valence-electron chi connectivity index (χ3n) is 3.08. The molecule has 0 spiro atoms. The van der Waals surface area contributed by atoms with Crippen LogP contribution in [0.1, 0.15) is 22.0 Å². The van der Waals surface area contributed by atoms with Crippen molar-refractivity contribution in [3.63, 3.8) is 0 Å². The van der Waals surface area contributed by atoms with Crippen LogP contribution in [0.3, 0.4) is 0 Å². The topological polar surface area (TPSA) is 59.1 Å². The SMILES string of the molecule is COc1c(C(=O)C(O)c2ccccc2)ccc2c1O2. The molecular weight excluding hydrogens is 244 g/mol. The number of benzene rings is 2. The Kier molecular flexibility index (Phi) is 2.72. The van der Waals surface area contributed by atoms with E-state index in [9.17, 15) is 9.90 Å². The molecule has 4 nitrogen and oxygen atoms in total. The fourth-order valence-electron chi connectivity index (χ4n) is 2.04. The van der Waals surface area contributed by atoms with Crippen LogP contribution < -0.4 is 9.47 Å². The van der Waals surface area contributed by atoms with Crippen LogP contribution in [0.25, 0.3) is 0 Å². The highest BCUT2D eigenvalue weighted by Crippen LogP contribution is 2.54. The summed E-state index contributed by atoms with van der Waals surface area (Å²) in [5, 5.41) is 10.1. The number of Topliss-reactive ketones (excluding diaryl/α,β-unsaturated/α-hetero) is 1. The van der Waals surface area contributed by atoms with E-state index in [0.29, 0.717) is 28.4 Å².